The molecule has 2 aliphatic heterocycles. The van der Waals surface area contributed by atoms with Crippen molar-refractivity contribution in [3.63, 3.8) is 0 Å². The van der Waals surface area contributed by atoms with Crippen molar-refractivity contribution in [1.29, 1.82) is 0 Å². The molecule has 0 aliphatic carbocycles. The number of ether oxygens (including phenoxy) is 1. The number of nitrogens with zero attached hydrogens (tertiary/aromatic N) is 3. The van der Waals surface area contributed by atoms with Gasteiger partial charge in [-0.1, -0.05) is 0 Å². The van der Waals surface area contributed by atoms with E-state index in [1.165, 1.54) is 0 Å². The Labute approximate surface area is 115 Å². The first-order chi connectivity index (χ1) is 8.59. The number of rotatable bonds is 3. The molecule has 102 valence electrons. The van der Waals surface area contributed by atoms with Crippen LogP contribution in [-0.4, -0.2) is 54.6 Å². The third-order valence-electron chi connectivity index (χ3n) is 3.43. The predicted octanol–water partition coefficient (Wildman–Crippen LogP) is 1.46. The summed E-state index contributed by atoms with van der Waals surface area (Å²) in [5, 5.41) is 10.9. The average molecular weight is 320 g/mol. The molecule has 1 unspecified atom stereocenters. The van der Waals surface area contributed by atoms with E-state index in [0.29, 0.717) is 11.7 Å². The molecule has 0 radical (unpaired) electrons. The number of hydrogen-bond acceptors (Lipinski definition) is 5. The molecule has 0 N–H and O–H groups in total. The fourth-order valence-electron chi connectivity index (χ4n) is 2.54. The van der Waals surface area contributed by atoms with Crippen molar-refractivity contribution in [2.24, 2.45) is 5.92 Å². The molecule has 7 heteroatoms. The van der Waals surface area contributed by atoms with Crippen molar-refractivity contribution in [3.8, 4) is 0 Å². The highest BCUT2D eigenvalue weighted by Crippen LogP contribution is 2.26. The molecule has 0 aromatic heterocycles. The summed E-state index contributed by atoms with van der Waals surface area (Å²) in [5.74, 6) is 1.18. The second-order valence-corrected chi connectivity index (χ2v) is 5.57. The normalized spacial score (nSPS) is 27.6. The summed E-state index contributed by atoms with van der Waals surface area (Å²) in [7, 11) is 1.90. The van der Waals surface area contributed by atoms with Gasteiger partial charge in [-0.05, 0) is 12.8 Å². The molecule has 0 aromatic carbocycles. The SMILES string of the molecule is CN1CCCN(CC2CCOC2)C1=C(Br)[N+](=O)[O-]. The Hall–Kier alpha value is -0.820. The van der Waals surface area contributed by atoms with Crippen LogP contribution in [0, 0.1) is 16.0 Å². The summed E-state index contributed by atoms with van der Waals surface area (Å²) in [6.07, 6.45) is 2.08. The fourth-order valence-corrected chi connectivity index (χ4v) is 3.09. The van der Waals surface area contributed by atoms with Crippen molar-refractivity contribution in [2.75, 3.05) is 39.9 Å². The number of nitro groups is 1. The van der Waals surface area contributed by atoms with Gasteiger partial charge < -0.3 is 14.5 Å². The Morgan fingerprint density at radius 3 is 3.00 bits per heavy atom. The Balaban J connectivity index is 2.14. The second-order valence-electron chi connectivity index (χ2n) is 4.82. The van der Waals surface area contributed by atoms with E-state index in [4.69, 9.17) is 4.74 Å². The average Bonchev–Trinajstić information content (AvgIpc) is 2.81. The van der Waals surface area contributed by atoms with Gasteiger partial charge in [0.1, 0.15) is 0 Å². The van der Waals surface area contributed by atoms with E-state index in [9.17, 15) is 10.1 Å². The first kappa shape index (κ1) is 13.6. The fraction of sp³-hybridized carbons (Fsp3) is 0.818. The maximum Gasteiger partial charge on any atom is 0.350 e. The zero-order valence-electron chi connectivity index (χ0n) is 10.5. The Morgan fingerprint density at radius 1 is 1.61 bits per heavy atom. The van der Waals surface area contributed by atoms with Gasteiger partial charge in [0, 0.05) is 55.1 Å². The second kappa shape index (κ2) is 5.88. The van der Waals surface area contributed by atoms with Crippen LogP contribution in [0.1, 0.15) is 12.8 Å². The lowest BCUT2D eigenvalue weighted by molar-refractivity contribution is -0.412. The van der Waals surface area contributed by atoms with E-state index < -0.39 is 0 Å². The van der Waals surface area contributed by atoms with E-state index >= 15 is 0 Å². The zero-order chi connectivity index (χ0) is 13.1. The summed E-state index contributed by atoms with van der Waals surface area (Å²) in [4.78, 5) is 14.6. The quantitative estimate of drug-likeness (QED) is 0.448. The molecule has 18 heavy (non-hydrogen) atoms. The summed E-state index contributed by atoms with van der Waals surface area (Å²) in [6.45, 7) is 4.14. The van der Waals surface area contributed by atoms with Crippen LogP contribution >= 0.6 is 15.9 Å². The standard InChI is InChI=1S/C11H18BrN3O3/c1-13-4-2-5-14(7-9-3-6-18-8-9)11(13)10(12)15(16)17/h9H,2-8H2,1H3. The molecule has 2 aliphatic rings. The van der Waals surface area contributed by atoms with Crippen molar-refractivity contribution in [1.82, 2.24) is 9.80 Å². The lowest BCUT2D eigenvalue weighted by Crippen LogP contribution is -2.43. The van der Waals surface area contributed by atoms with Crippen LogP contribution in [0.2, 0.25) is 0 Å². The maximum atomic E-state index is 10.9. The summed E-state index contributed by atoms with van der Waals surface area (Å²) in [5.41, 5.74) is 0. The highest BCUT2D eigenvalue weighted by atomic mass is 79.9. The molecule has 6 nitrogen and oxygen atoms in total. The summed E-state index contributed by atoms with van der Waals surface area (Å²) >= 11 is 3.10. The molecular weight excluding hydrogens is 302 g/mol. The molecule has 2 rings (SSSR count). The molecule has 2 saturated heterocycles. The Bertz CT molecular complexity index is 355. The highest BCUT2D eigenvalue weighted by molar-refractivity contribution is 9.11. The van der Waals surface area contributed by atoms with Crippen molar-refractivity contribution in [3.05, 3.63) is 20.5 Å². The predicted molar refractivity (Wildman–Crippen MR) is 70.7 cm³/mol. The van der Waals surface area contributed by atoms with Crippen molar-refractivity contribution < 1.29 is 9.66 Å². The van der Waals surface area contributed by atoms with Gasteiger partial charge in [-0.2, -0.15) is 0 Å². The third-order valence-corrected chi connectivity index (χ3v) is 4.07. The molecule has 0 spiro atoms. The number of halogens is 1. The van der Waals surface area contributed by atoms with E-state index in [1.54, 1.807) is 0 Å². The first-order valence-electron chi connectivity index (χ1n) is 6.17. The van der Waals surface area contributed by atoms with Crippen LogP contribution in [-0.2, 0) is 4.74 Å². The van der Waals surface area contributed by atoms with Crippen LogP contribution in [0.15, 0.2) is 10.4 Å². The first-order valence-corrected chi connectivity index (χ1v) is 6.97. The molecule has 0 amide bonds. The van der Waals surface area contributed by atoms with Gasteiger partial charge in [0.15, 0.2) is 5.82 Å². The smallest absolute Gasteiger partial charge is 0.350 e. The Morgan fingerprint density at radius 2 is 2.39 bits per heavy atom. The minimum Gasteiger partial charge on any atom is -0.381 e. The van der Waals surface area contributed by atoms with E-state index in [1.807, 2.05) is 11.9 Å². The van der Waals surface area contributed by atoms with Crippen molar-refractivity contribution in [2.45, 2.75) is 12.8 Å². The van der Waals surface area contributed by atoms with Crippen LogP contribution in [0.25, 0.3) is 0 Å². The summed E-state index contributed by atoms with van der Waals surface area (Å²) in [6, 6.07) is 0. The zero-order valence-corrected chi connectivity index (χ0v) is 12.1. The van der Waals surface area contributed by atoms with Gasteiger partial charge in [0.25, 0.3) is 0 Å². The van der Waals surface area contributed by atoms with Crippen molar-refractivity contribution >= 4 is 15.9 Å². The van der Waals surface area contributed by atoms with Crippen LogP contribution in [0.4, 0.5) is 0 Å². The minimum absolute atomic E-state index is 0.0589. The molecule has 0 saturated carbocycles. The molecule has 2 heterocycles. The lowest BCUT2D eigenvalue weighted by atomic mass is 10.1. The molecule has 0 aromatic rings. The maximum absolute atomic E-state index is 10.9. The van der Waals surface area contributed by atoms with E-state index in [0.717, 1.165) is 45.7 Å². The van der Waals surface area contributed by atoms with Gasteiger partial charge in [-0.3, -0.25) is 10.1 Å². The van der Waals surface area contributed by atoms with Gasteiger partial charge in [0.05, 0.1) is 11.5 Å². The van der Waals surface area contributed by atoms with Crippen LogP contribution < -0.4 is 0 Å². The molecule has 2 fully saturated rings. The lowest BCUT2D eigenvalue weighted by Gasteiger charge is -2.38. The monoisotopic (exact) mass is 319 g/mol. The number of hydrogen-bond donors (Lipinski definition) is 0. The van der Waals surface area contributed by atoms with Gasteiger partial charge in [-0.25, -0.2) is 0 Å². The topological polar surface area (TPSA) is 58.8 Å². The largest absolute Gasteiger partial charge is 0.381 e. The van der Waals surface area contributed by atoms with Gasteiger partial charge >= 0.3 is 4.61 Å². The third kappa shape index (κ3) is 2.95. The highest BCUT2D eigenvalue weighted by Gasteiger charge is 2.30. The molecular formula is C11H18BrN3O3. The molecule has 1 atom stereocenters. The minimum atomic E-state index is -0.366. The molecule has 0 bridgehead atoms. The van der Waals surface area contributed by atoms with Crippen LogP contribution in [0.3, 0.4) is 0 Å². The van der Waals surface area contributed by atoms with E-state index in [2.05, 4.69) is 20.8 Å². The van der Waals surface area contributed by atoms with Crippen LogP contribution in [0.5, 0.6) is 0 Å². The van der Waals surface area contributed by atoms with Gasteiger partial charge in [0.2, 0.25) is 0 Å². The summed E-state index contributed by atoms with van der Waals surface area (Å²) < 4.78 is 5.43. The van der Waals surface area contributed by atoms with Gasteiger partial charge in [-0.15, -0.1) is 0 Å². The Kier molecular flexibility index (Phi) is 4.45. The van der Waals surface area contributed by atoms with E-state index in [-0.39, 0.29) is 9.53 Å².